The van der Waals surface area contributed by atoms with Crippen molar-refractivity contribution in [1.82, 2.24) is 0 Å². The third-order valence-electron chi connectivity index (χ3n) is 6.11. The number of halogens is 4. The van der Waals surface area contributed by atoms with E-state index in [4.69, 9.17) is 46.4 Å². The number of hydrogen-bond donors (Lipinski definition) is 2. The molecule has 152 valence electrons. The zero-order chi connectivity index (χ0) is 20.9. The minimum atomic E-state index is -0.418. The summed E-state index contributed by atoms with van der Waals surface area (Å²) in [5.74, 6) is 0.221. The van der Waals surface area contributed by atoms with Crippen LogP contribution in [0.3, 0.4) is 0 Å². The second kappa shape index (κ2) is 7.80. The van der Waals surface area contributed by atoms with Crippen molar-refractivity contribution in [2.75, 3.05) is 0 Å². The van der Waals surface area contributed by atoms with Crippen molar-refractivity contribution < 1.29 is 10.2 Å². The first-order valence-corrected chi connectivity index (χ1v) is 10.8. The number of phenolic OH excluding ortho intramolecular Hbond substituents is 2. The lowest BCUT2D eigenvalue weighted by Crippen LogP contribution is -2.38. The standard InChI is InChI=1S/C22H24Cl4O2/c1-21(2,3)12-5-4-6-22(11-12,13-7-15(23)19(27)16(24)8-13)14-9-17(25)20(28)18(26)10-14/h7-10,12,27-28H,4-6,11H2,1-3H3. The second-order valence-electron chi connectivity index (χ2n) is 8.82. The van der Waals surface area contributed by atoms with E-state index in [0.717, 1.165) is 36.8 Å². The van der Waals surface area contributed by atoms with Crippen molar-refractivity contribution in [1.29, 1.82) is 0 Å². The Bertz CT molecular complexity index is 798. The lowest BCUT2D eigenvalue weighted by Gasteiger charge is -2.46. The Hall–Kier alpha value is -0.800. The Labute approximate surface area is 186 Å². The van der Waals surface area contributed by atoms with E-state index >= 15 is 0 Å². The highest BCUT2D eigenvalue weighted by Gasteiger charge is 2.43. The van der Waals surface area contributed by atoms with Gasteiger partial charge in [-0.15, -0.1) is 0 Å². The summed E-state index contributed by atoms with van der Waals surface area (Å²) < 4.78 is 0. The molecule has 1 aliphatic rings. The molecule has 0 radical (unpaired) electrons. The van der Waals surface area contributed by atoms with Crippen molar-refractivity contribution >= 4 is 46.4 Å². The predicted molar refractivity (Wildman–Crippen MR) is 118 cm³/mol. The van der Waals surface area contributed by atoms with E-state index in [2.05, 4.69) is 20.8 Å². The van der Waals surface area contributed by atoms with Crippen molar-refractivity contribution in [3.05, 3.63) is 55.5 Å². The molecule has 2 aromatic carbocycles. The van der Waals surface area contributed by atoms with Gasteiger partial charge in [-0.1, -0.05) is 73.6 Å². The number of hydrogen-bond acceptors (Lipinski definition) is 2. The highest BCUT2D eigenvalue weighted by molar-refractivity contribution is 6.37. The quantitative estimate of drug-likeness (QED) is 0.472. The van der Waals surface area contributed by atoms with Gasteiger partial charge < -0.3 is 10.2 Å². The lowest BCUT2D eigenvalue weighted by atomic mass is 9.58. The highest BCUT2D eigenvalue weighted by atomic mass is 35.5. The van der Waals surface area contributed by atoms with Gasteiger partial charge in [-0.25, -0.2) is 0 Å². The molecule has 2 aromatic rings. The number of benzene rings is 2. The van der Waals surface area contributed by atoms with Crippen LogP contribution in [0, 0.1) is 11.3 Å². The monoisotopic (exact) mass is 460 g/mol. The first-order chi connectivity index (χ1) is 13.0. The molecule has 0 heterocycles. The van der Waals surface area contributed by atoms with E-state index in [1.165, 1.54) is 0 Å². The van der Waals surface area contributed by atoms with Crippen molar-refractivity contribution in [3.63, 3.8) is 0 Å². The number of phenols is 2. The minimum absolute atomic E-state index is 0.118. The van der Waals surface area contributed by atoms with Crippen LogP contribution in [-0.4, -0.2) is 10.2 Å². The van der Waals surface area contributed by atoms with E-state index < -0.39 is 5.41 Å². The molecule has 1 atom stereocenters. The van der Waals surface area contributed by atoms with E-state index in [9.17, 15) is 10.2 Å². The molecule has 6 heteroatoms. The summed E-state index contributed by atoms with van der Waals surface area (Å²) in [5.41, 5.74) is 1.55. The van der Waals surface area contributed by atoms with E-state index in [0.29, 0.717) is 5.92 Å². The van der Waals surface area contributed by atoms with Crippen molar-refractivity contribution in [2.24, 2.45) is 11.3 Å². The van der Waals surface area contributed by atoms with Gasteiger partial charge >= 0.3 is 0 Å². The highest BCUT2D eigenvalue weighted by Crippen LogP contribution is 2.54. The fourth-order valence-electron chi connectivity index (χ4n) is 4.39. The Morgan fingerprint density at radius 1 is 0.821 bits per heavy atom. The van der Waals surface area contributed by atoms with Gasteiger partial charge in [0.2, 0.25) is 0 Å². The fourth-order valence-corrected chi connectivity index (χ4v) is 5.36. The van der Waals surface area contributed by atoms with Gasteiger partial charge in [-0.2, -0.15) is 0 Å². The van der Waals surface area contributed by atoms with Crippen molar-refractivity contribution in [3.8, 4) is 11.5 Å². The van der Waals surface area contributed by atoms with Crippen LogP contribution in [0.5, 0.6) is 11.5 Å². The maximum absolute atomic E-state index is 10.1. The summed E-state index contributed by atoms with van der Waals surface area (Å²) in [4.78, 5) is 0. The molecule has 0 aromatic heterocycles. The molecule has 0 aliphatic heterocycles. The van der Waals surface area contributed by atoms with Gasteiger partial charge in [0.15, 0.2) is 11.5 Å². The molecule has 3 rings (SSSR count). The molecular weight excluding hydrogens is 438 g/mol. The lowest BCUT2D eigenvalue weighted by molar-refractivity contribution is 0.137. The van der Waals surface area contributed by atoms with Crippen LogP contribution in [0.25, 0.3) is 0 Å². The smallest absolute Gasteiger partial charge is 0.152 e. The normalized spacial score (nSPS) is 19.6. The number of rotatable bonds is 2. The topological polar surface area (TPSA) is 40.5 Å². The summed E-state index contributed by atoms with van der Waals surface area (Å²) in [6.45, 7) is 6.75. The third-order valence-corrected chi connectivity index (χ3v) is 7.27. The van der Waals surface area contributed by atoms with Gasteiger partial charge in [0, 0.05) is 5.41 Å². The molecule has 28 heavy (non-hydrogen) atoms. The molecule has 0 amide bonds. The van der Waals surface area contributed by atoms with Crippen LogP contribution in [0.4, 0.5) is 0 Å². The molecule has 0 saturated heterocycles. The molecular formula is C22H24Cl4O2. The van der Waals surface area contributed by atoms with Crippen LogP contribution in [0.2, 0.25) is 20.1 Å². The number of aromatic hydroxyl groups is 2. The van der Waals surface area contributed by atoms with Crippen LogP contribution in [0.15, 0.2) is 24.3 Å². The summed E-state index contributed by atoms with van der Waals surface area (Å²) >= 11 is 25.1. The average Bonchev–Trinajstić information content (AvgIpc) is 2.62. The summed E-state index contributed by atoms with van der Waals surface area (Å²) in [6, 6.07) is 7.12. The van der Waals surface area contributed by atoms with Gasteiger partial charge in [0.25, 0.3) is 0 Å². The minimum Gasteiger partial charge on any atom is -0.505 e. The Morgan fingerprint density at radius 3 is 1.57 bits per heavy atom. The third kappa shape index (κ3) is 3.94. The first kappa shape index (κ1) is 21.9. The molecule has 1 aliphatic carbocycles. The van der Waals surface area contributed by atoms with Crippen LogP contribution >= 0.6 is 46.4 Å². The maximum Gasteiger partial charge on any atom is 0.152 e. The summed E-state index contributed by atoms with van der Waals surface area (Å²) in [7, 11) is 0. The zero-order valence-corrected chi connectivity index (χ0v) is 19.1. The second-order valence-corrected chi connectivity index (χ2v) is 10.4. The van der Waals surface area contributed by atoms with E-state index in [1.807, 2.05) is 0 Å². The largest absolute Gasteiger partial charge is 0.505 e. The molecule has 1 unspecified atom stereocenters. The van der Waals surface area contributed by atoms with Crippen LogP contribution < -0.4 is 0 Å². The van der Waals surface area contributed by atoms with Crippen LogP contribution in [-0.2, 0) is 5.41 Å². The summed E-state index contributed by atoms with van der Waals surface area (Å²) in [5, 5.41) is 21.0. The van der Waals surface area contributed by atoms with Gasteiger partial charge in [-0.05, 0) is 66.0 Å². The molecule has 0 spiro atoms. The molecule has 1 saturated carbocycles. The van der Waals surface area contributed by atoms with Gasteiger partial charge in [0.1, 0.15) is 0 Å². The zero-order valence-electron chi connectivity index (χ0n) is 16.1. The average molecular weight is 462 g/mol. The van der Waals surface area contributed by atoms with Gasteiger partial charge in [-0.3, -0.25) is 0 Å². The van der Waals surface area contributed by atoms with Crippen molar-refractivity contribution in [2.45, 2.75) is 51.9 Å². The Balaban J connectivity index is 2.26. The molecule has 1 fully saturated rings. The molecule has 0 bridgehead atoms. The Kier molecular flexibility index (Phi) is 6.10. The Morgan fingerprint density at radius 2 is 1.21 bits per heavy atom. The molecule has 2 N–H and O–H groups in total. The van der Waals surface area contributed by atoms with Crippen LogP contribution in [0.1, 0.15) is 57.6 Å². The maximum atomic E-state index is 10.1. The van der Waals surface area contributed by atoms with E-state index in [-0.39, 0.29) is 37.0 Å². The SMILES string of the molecule is CC(C)(C)C1CCCC(c2cc(Cl)c(O)c(Cl)c2)(c2cc(Cl)c(O)c(Cl)c2)C1. The predicted octanol–water partition coefficient (Wildman–Crippen LogP) is 8.23. The first-order valence-electron chi connectivity index (χ1n) is 9.32. The van der Waals surface area contributed by atoms with Gasteiger partial charge in [0.05, 0.1) is 20.1 Å². The summed E-state index contributed by atoms with van der Waals surface area (Å²) in [6.07, 6.45) is 3.89. The fraction of sp³-hybridized carbons (Fsp3) is 0.455. The molecule has 2 nitrogen and oxygen atoms in total. The van der Waals surface area contributed by atoms with E-state index in [1.54, 1.807) is 24.3 Å².